The number of hydrogen-bond acceptors (Lipinski definition) is 3. The summed E-state index contributed by atoms with van der Waals surface area (Å²) in [6.45, 7) is 7.96. The van der Waals surface area contributed by atoms with Gasteiger partial charge in [0, 0.05) is 11.9 Å². The van der Waals surface area contributed by atoms with E-state index in [9.17, 15) is 0 Å². The summed E-state index contributed by atoms with van der Waals surface area (Å²) in [5, 5.41) is 0.898. The minimum atomic E-state index is 0.508. The van der Waals surface area contributed by atoms with Crippen LogP contribution in [0.1, 0.15) is 18.9 Å². The van der Waals surface area contributed by atoms with E-state index in [1.807, 2.05) is 29.8 Å². The number of hydrogen-bond donors (Lipinski definition) is 1. The molecule has 98 valence electrons. The molecule has 0 aliphatic rings. The number of allylic oxidation sites excluding steroid dienone is 5. The van der Waals surface area contributed by atoms with Crippen molar-refractivity contribution >= 4 is 22.5 Å². The van der Waals surface area contributed by atoms with Crippen LogP contribution >= 0.6 is 0 Å². The SMILES string of the molecule is C=C/C(=C\C=C/CC)n1cc(C)c2c(N)ncnc21. The summed E-state index contributed by atoms with van der Waals surface area (Å²) in [5.41, 5.74) is 8.73. The molecule has 0 aliphatic heterocycles. The molecule has 2 heterocycles. The highest BCUT2D eigenvalue weighted by Crippen LogP contribution is 2.25. The largest absolute Gasteiger partial charge is 0.383 e. The Hall–Kier alpha value is -2.36. The van der Waals surface area contributed by atoms with Crippen LogP contribution < -0.4 is 5.73 Å². The van der Waals surface area contributed by atoms with Gasteiger partial charge in [0.2, 0.25) is 0 Å². The number of nitrogens with zero attached hydrogens (tertiary/aromatic N) is 3. The molecule has 0 aromatic carbocycles. The number of rotatable bonds is 4. The van der Waals surface area contributed by atoms with Gasteiger partial charge in [0.25, 0.3) is 0 Å². The maximum atomic E-state index is 5.91. The normalized spacial score (nSPS) is 12.4. The Morgan fingerprint density at radius 2 is 2.26 bits per heavy atom. The molecule has 0 bridgehead atoms. The second kappa shape index (κ2) is 5.52. The molecule has 4 nitrogen and oxygen atoms in total. The summed E-state index contributed by atoms with van der Waals surface area (Å²) in [4.78, 5) is 8.36. The lowest BCUT2D eigenvalue weighted by molar-refractivity contribution is 1.11. The van der Waals surface area contributed by atoms with Crippen molar-refractivity contribution in [3.63, 3.8) is 0 Å². The fraction of sp³-hybridized carbons (Fsp3) is 0.200. The summed E-state index contributed by atoms with van der Waals surface area (Å²) >= 11 is 0. The first-order valence-electron chi connectivity index (χ1n) is 6.26. The molecule has 0 atom stereocenters. The third kappa shape index (κ3) is 2.42. The molecule has 0 amide bonds. The molecule has 0 saturated carbocycles. The van der Waals surface area contributed by atoms with Gasteiger partial charge in [0.05, 0.1) is 5.39 Å². The van der Waals surface area contributed by atoms with Crippen molar-refractivity contribution < 1.29 is 0 Å². The van der Waals surface area contributed by atoms with Gasteiger partial charge in [-0.25, -0.2) is 9.97 Å². The third-order valence-electron chi connectivity index (χ3n) is 2.93. The van der Waals surface area contributed by atoms with Crippen molar-refractivity contribution in [2.24, 2.45) is 0 Å². The number of anilines is 1. The molecular weight excluding hydrogens is 236 g/mol. The van der Waals surface area contributed by atoms with Gasteiger partial charge in [-0.3, -0.25) is 0 Å². The van der Waals surface area contributed by atoms with Gasteiger partial charge in [-0.2, -0.15) is 0 Å². The van der Waals surface area contributed by atoms with Crippen LogP contribution in [0.2, 0.25) is 0 Å². The van der Waals surface area contributed by atoms with Crippen LogP contribution in [0.25, 0.3) is 16.7 Å². The van der Waals surface area contributed by atoms with Gasteiger partial charge in [-0.1, -0.05) is 25.7 Å². The quantitative estimate of drug-likeness (QED) is 0.851. The van der Waals surface area contributed by atoms with Crippen LogP contribution in [0.5, 0.6) is 0 Å². The first-order valence-corrected chi connectivity index (χ1v) is 6.26. The van der Waals surface area contributed by atoms with Crippen molar-refractivity contribution in [1.29, 1.82) is 0 Å². The van der Waals surface area contributed by atoms with E-state index < -0.39 is 0 Å². The molecular formula is C15H18N4. The summed E-state index contributed by atoms with van der Waals surface area (Å²) in [6.07, 6.45) is 12.4. The van der Waals surface area contributed by atoms with Crippen LogP contribution in [-0.2, 0) is 0 Å². The molecule has 2 N–H and O–H groups in total. The molecule has 0 unspecified atom stereocenters. The fourth-order valence-corrected chi connectivity index (χ4v) is 2.02. The summed E-state index contributed by atoms with van der Waals surface area (Å²) in [6, 6.07) is 0. The predicted octanol–water partition coefficient (Wildman–Crippen LogP) is 3.32. The maximum Gasteiger partial charge on any atom is 0.150 e. The third-order valence-corrected chi connectivity index (χ3v) is 2.93. The highest BCUT2D eigenvalue weighted by atomic mass is 15.1. The number of aryl methyl sites for hydroxylation is 1. The molecule has 0 fully saturated rings. The minimum absolute atomic E-state index is 0.508. The average Bonchev–Trinajstić information content (AvgIpc) is 2.74. The molecule has 4 heteroatoms. The zero-order valence-electron chi connectivity index (χ0n) is 11.3. The number of nitrogen functional groups attached to an aromatic ring is 1. The standard InChI is InChI=1S/C15H18N4/c1-4-6-7-8-12(5-2)19-9-11(3)13-14(16)17-10-18-15(13)19/h5-10H,2,4H2,1,3H3,(H2,16,17,18)/b7-6-,12-8+. The lowest BCUT2D eigenvalue weighted by Gasteiger charge is -2.04. The van der Waals surface area contributed by atoms with Gasteiger partial charge in [-0.05, 0) is 31.1 Å². The van der Waals surface area contributed by atoms with E-state index in [0.717, 1.165) is 28.7 Å². The Morgan fingerprint density at radius 1 is 1.47 bits per heavy atom. The highest BCUT2D eigenvalue weighted by Gasteiger charge is 2.11. The Labute approximate surface area is 113 Å². The molecule has 0 spiro atoms. The fourth-order valence-electron chi connectivity index (χ4n) is 2.02. The lowest BCUT2D eigenvalue weighted by Crippen LogP contribution is -1.97. The van der Waals surface area contributed by atoms with Crippen molar-refractivity contribution in [3.05, 3.63) is 49.0 Å². The van der Waals surface area contributed by atoms with E-state index in [-0.39, 0.29) is 0 Å². The van der Waals surface area contributed by atoms with Crippen molar-refractivity contribution in [1.82, 2.24) is 14.5 Å². The smallest absolute Gasteiger partial charge is 0.150 e. The lowest BCUT2D eigenvalue weighted by atomic mass is 10.2. The highest BCUT2D eigenvalue weighted by molar-refractivity contribution is 5.92. The van der Waals surface area contributed by atoms with Crippen molar-refractivity contribution in [2.45, 2.75) is 20.3 Å². The van der Waals surface area contributed by atoms with Crippen LogP contribution in [0.15, 0.2) is 43.4 Å². The second-order valence-electron chi connectivity index (χ2n) is 4.27. The average molecular weight is 254 g/mol. The molecule has 19 heavy (non-hydrogen) atoms. The Balaban J connectivity index is 2.62. The second-order valence-corrected chi connectivity index (χ2v) is 4.27. The van der Waals surface area contributed by atoms with E-state index in [1.54, 1.807) is 6.08 Å². The molecule has 0 aliphatic carbocycles. The maximum absolute atomic E-state index is 5.91. The van der Waals surface area contributed by atoms with Gasteiger partial charge in [0.15, 0.2) is 0 Å². The Kier molecular flexibility index (Phi) is 3.80. The Bertz CT molecular complexity index is 662. The molecule has 2 rings (SSSR count). The van der Waals surface area contributed by atoms with Crippen LogP contribution in [-0.4, -0.2) is 14.5 Å². The van der Waals surface area contributed by atoms with Crippen molar-refractivity contribution in [3.8, 4) is 0 Å². The van der Waals surface area contributed by atoms with E-state index in [2.05, 4.69) is 29.5 Å². The van der Waals surface area contributed by atoms with Gasteiger partial charge >= 0.3 is 0 Å². The number of nitrogens with two attached hydrogens (primary N) is 1. The number of aromatic nitrogens is 3. The monoisotopic (exact) mass is 254 g/mol. The van der Waals surface area contributed by atoms with Crippen molar-refractivity contribution in [2.75, 3.05) is 5.73 Å². The molecule has 2 aromatic heterocycles. The van der Waals surface area contributed by atoms with Gasteiger partial charge in [0.1, 0.15) is 17.8 Å². The zero-order valence-corrected chi connectivity index (χ0v) is 11.3. The van der Waals surface area contributed by atoms with Crippen LogP contribution in [0.4, 0.5) is 5.82 Å². The topological polar surface area (TPSA) is 56.7 Å². The summed E-state index contributed by atoms with van der Waals surface area (Å²) in [7, 11) is 0. The summed E-state index contributed by atoms with van der Waals surface area (Å²) in [5.74, 6) is 0.508. The zero-order chi connectivity index (χ0) is 13.8. The molecule has 0 saturated heterocycles. The van der Waals surface area contributed by atoms with Gasteiger partial charge < -0.3 is 10.3 Å². The van der Waals surface area contributed by atoms with E-state index in [1.165, 1.54) is 6.33 Å². The molecule has 0 radical (unpaired) electrons. The van der Waals surface area contributed by atoms with Crippen LogP contribution in [0, 0.1) is 6.92 Å². The van der Waals surface area contributed by atoms with E-state index in [0.29, 0.717) is 5.82 Å². The predicted molar refractivity (Wildman–Crippen MR) is 80.6 cm³/mol. The first-order chi connectivity index (χ1) is 9.19. The minimum Gasteiger partial charge on any atom is -0.383 e. The van der Waals surface area contributed by atoms with Gasteiger partial charge in [-0.15, -0.1) is 0 Å². The summed E-state index contributed by atoms with van der Waals surface area (Å²) < 4.78 is 1.98. The molecule has 2 aromatic rings. The van der Waals surface area contributed by atoms with E-state index in [4.69, 9.17) is 5.73 Å². The number of fused-ring (bicyclic) bond motifs is 1. The first kappa shape index (κ1) is 13.1. The van der Waals surface area contributed by atoms with E-state index >= 15 is 0 Å². The Morgan fingerprint density at radius 3 is 2.95 bits per heavy atom. The van der Waals surface area contributed by atoms with Crippen LogP contribution in [0.3, 0.4) is 0 Å².